The predicted molar refractivity (Wildman–Crippen MR) is 207 cm³/mol. The number of aliphatic hydroxyl groups excluding tert-OH is 2. The molecular weight excluding hydrogens is 760 g/mol. The molecule has 2 aromatic rings. The number of carbonyl (C=O) groups excluding carboxylic acids is 2. The van der Waals surface area contributed by atoms with E-state index >= 15 is 0 Å². The van der Waals surface area contributed by atoms with Gasteiger partial charge in [-0.15, -0.1) is 0 Å². The van der Waals surface area contributed by atoms with Crippen molar-refractivity contribution in [2.45, 2.75) is 124 Å². The Hall–Kier alpha value is -3.50. The Morgan fingerprint density at radius 2 is 1.58 bits per heavy atom. The van der Waals surface area contributed by atoms with Crippen LogP contribution in [0.5, 0.6) is 0 Å². The van der Waals surface area contributed by atoms with Crippen molar-refractivity contribution < 1.29 is 63.5 Å². The summed E-state index contributed by atoms with van der Waals surface area (Å²) in [5, 5.41) is 63.4. The van der Waals surface area contributed by atoms with Crippen molar-refractivity contribution in [2.75, 3.05) is 6.61 Å². The summed E-state index contributed by atoms with van der Waals surface area (Å²) >= 11 is 0. The van der Waals surface area contributed by atoms with Crippen molar-refractivity contribution in [1.29, 1.82) is 0 Å². The Bertz CT molecular complexity index is 2060. The molecule has 11 bridgehead atoms. The van der Waals surface area contributed by atoms with Gasteiger partial charge in [-0.3, -0.25) is 0 Å². The van der Waals surface area contributed by atoms with Crippen LogP contribution in [0.1, 0.15) is 69.3 Å². The zero-order valence-corrected chi connectivity index (χ0v) is 33.6. The molecule has 0 aromatic heterocycles. The van der Waals surface area contributed by atoms with E-state index in [9.17, 15) is 35.1 Å². The summed E-state index contributed by atoms with van der Waals surface area (Å²) in [6, 6.07) is 17.7. The third-order valence-electron chi connectivity index (χ3n) is 16.2. The summed E-state index contributed by atoms with van der Waals surface area (Å²) in [5.41, 5.74) is -8.50. The van der Waals surface area contributed by atoms with Gasteiger partial charge in [0.05, 0.1) is 23.4 Å². The molecule has 0 amide bonds. The topological polar surface area (TPSA) is 194 Å². The van der Waals surface area contributed by atoms with Crippen LogP contribution in [0.2, 0.25) is 0 Å². The molecule has 1 spiro atoms. The van der Waals surface area contributed by atoms with Gasteiger partial charge in [-0.25, -0.2) is 9.59 Å². The van der Waals surface area contributed by atoms with Gasteiger partial charge in [-0.1, -0.05) is 81.5 Å². The number of fused-ring (bicyclic) bond motifs is 6. The second-order valence-electron chi connectivity index (χ2n) is 19.0. The van der Waals surface area contributed by atoms with Crippen LogP contribution in [0, 0.1) is 41.4 Å². The average Bonchev–Trinajstić information content (AvgIpc) is 3.79. The summed E-state index contributed by atoms with van der Waals surface area (Å²) in [6.07, 6.45) is 0.608. The van der Waals surface area contributed by atoms with Crippen molar-refractivity contribution in [3.05, 3.63) is 96.1 Å². The molecule has 12 rings (SSSR count). The summed E-state index contributed by atoms with van der Waals surface area (Å²) in [4.78, 5) is 27.2. The molecule has 19 atom stereocenters. The number of hydrogen-bond donors (Lipinski definition) is 5. The van der Waals surface area contributed by atoms with E-state index in [1.54, 1.807) is 55.5 Å². The Kier molecular flexibility index (Phi) is 8.90. The Morgan fingerprint density at radius 1 is 0.881 bits per heavy atom. The molecule has 316 valence electrons. The van der Waals surface area contributed by atoms with Crippen molar-refractivity contribution in [3.8, 4) is 0 Å². The lowest BCUT2D eigenvalue weighted by atomic mass is 9.49. The van der Waals surface area contributed by atoms with E-state index in [4.69, 9.17) is 28.4 Å². The lowest BCUT2D eigenvalue weighted by Crippen LogP contribution is -2.89. The maximum Gasteiger partial charge on any atom is 0.338 e. The molecule has 13 nitrogen and oxygen atoms in total. The van der Waals surface area contributed by atoms with Crippen LogP contribution in [0.4, 0.5) is 0 Å². The number of esters is 2. The third-order valence-corrected chi connectivity index (χ3v) is 16.2. The number of ether oxygens (including phenoxy) is 6. The van der Waals surface area contributed by atoms with E-state index < -0.39 is 113 Å². The van der Waals surface area contributed by atoms with Gasteiger partial charge in [0.1, 0.15) is 53.4 Å². The second-order valence-corrected chi connectivity index (χ2v) is 19.0. The standard InChI is InChI=1S/C46H54O13/c1-24-21-32-43(52)35(24)55-33(48)18-12-11-17-31(54-39(49)27-13-7-5-8-14-27)30-20-19-28(25(30)2)22-41(4,51)45(53)36-26(3)44(32)34(37-42(23-47,56-37)40(43)50)38(45)58-46(57-36,59-44)29-15-9-6-10-16-29/h5-18,24-26,28,30-32,34-38,40,47,50-53H,19-23H2,1-4H3/b17-11-,18-12+/t24-,25-,26+,28+,30-,31+,32+,34-,35-,36-,37-,38+,40+,41+,42-,43-,44-,45-,46-/m0/s1. The van der Waals surface area contributed by atoms with Gasteiger partial charge in [0.25, 0.3) is 0 Å². The quantitative estimate of drug-likeness (QED) is 0.223. The van der Waals surface area contributed by atoms with Crippen LogP contribution in [-0.4, -0.2) is 109 Å². The van der Waals surface area contributed by atoms with Crippen LogP contribution in [0.25, 0.3) is 0 Å². The van der Waals surface area contributed by atoms with Crippen LogP contribution >= 0.6 is 0 Å². The summed E-state index contributed by atoms with van der Waals surface area (Å²) in [5.74, 6) is -6.79. The molecule has 6 heterocycles. The van der Waals surface area contributed by atoms with Gasteiger partial charge in [0.2, 0.25) is 0 Å². The third kappa shape index (κ3) is 5.17. The van der Waals surface area contributed by atoms with Crippen LogP contribution in [-0.2, 0) is 39.2 Å². The van der Waals surface area contributed by atoms with E-state index in [1.165, 1.54) is 12.2 Å². The van der Waals surface area contributed by atoms with Crippen molar-refractivity contribution in [2.24, 2.45) is 41.4 Å². The molecule has 13 heteroatoms. The fourth-order valence-corrected chi connectivity index (χ4v) is 13.3. The molecule has 4 aliphatic carbocycles. The zero-order chi connectivity index (χ0) is 41.5. The summed E-state index contributed by atoms with van der Waals surface area (Å²) < 4.78 is 39.7. The number of epoxide rings is 1. The SMILES string of the molecule is C[C@H]1[C@@H]2CC[C@@H]1[C@H](OC(=O)c1ccccc1)/C=C\C=C\C(=O)O[C@H]1[C@@H](C)C[C@@H]3[C@@]1(O)[C@H](O)[C@@]1(CO)O[C@H]1[C@H]1[C@H]4O[C@]5(c6ccccc6)O[C@@H]([C@@H](C)[C@@]13O5)[C@@]4(O)[C@](C)(O)C2. The Labute approximate surface area is 342 Å². The van der Waals surface area contributed by atoms with Gasteiger partial charge < -0.3 is 54.0 Å². The minimum Gasteiger partial charge on any atom is -0.456 e. The van der Waals surface area contributed by atoms with Crippen LogP contribution < -0.4 is 0 Å². The van der Waals surface area contributed by atoms with Gasteiger partial charge in [0, 0.05) is 35.3 Å². The lowest BCUT2D eigenvalue weighted by molar-refractivity contribution is -0.595. The molecule has 0 radical (unpaired) electrons. The van der Waals surface area contributed by atoms with Crippen LogP contribution in [0.3, 0.4) is 0 Å². The molecule has 2 aromatic carbocycles. The average molecular weight is 815 g/mol. The first-order valence-electron chi connectivity index (χ1n) is 21.2. The fourth-order valence-electron chi connectivity index (χ4n) is 13.3. The van der Waals surface area contributed by atoms with Gasteiger partial charge >= 0.3 is 17.9 Å². The highest BCUT2D eigenvalue weighted by Gasteiger charge is 2.91. The van der Waals surface area contributed by atoms with E-state index in [2.05, 4.69) is 6.92 Å². The maximum absolute atomic E-state index is 13.7. The first-order chi connectivity index (χ1) is 28.1. The zero-order valence-electron chi connectivity index (χ0n) is 33.6. The lowest BCUT2D eigenvalue weighted by Gasteiger charge is -2.74. The van der Waals surface area contributed by atoms with Crippen LogP contribution in [0.15, 0.2) is 85.0 Å². The van der Waals surface area contributed by atoms with Crippen molar-refractivity contribution in [1.82, 2.24) is 0 Å². The summed E-state index contributed by atoms with van der Waals surface area (Å²) in [7, 11) is 0. The second kappa shape index (κ2) is 13.3. The Balaban J connectivity index is 1.14. The molecule has 8 fully saturated rings. The van der Waals surface area contributed by atoms with E-state index in [0.29, 0.717) is 24.0 Å². The molecule has 59 heavy (non-hydrogen) atoms. The number of carbonyl (C=O) groups is 2. The number of aliphatic hydroxyl groups is 5. The molecule has 0 unspecified atom stereocenters. The summed E-state index contributed by atoms with van der Waals surface area (Å²) in [6.45, 7) is 6.66. The molecular formula is C46H54O13. The predicted octanol–water partition coefficient (Wildman–Crippen LogP) is 3.31. The smallest absolute Gasteiger partial charge is 0.338 e. The van der Waals surface area contributed by atoms with Gasteiger partial charge in [0.15, 0.2) is 0 Å². The normalized spacial score (nSPS) is 52.8. The minimum atomic E-state index is -2.22. The number of benzene rings is 2. The molecule has 5 N–H and O–H groups in total. The minimum absolute atomic E-state index is 0.102. The first kappa shape index (κ1) is 39.6. The number of rotatable bonds is 4. The van der Waals surface area contributed by atoms with Gasteiger partial charge in [-0.2, -0.15) is 0 Å². The largest absolute Gasteiger partial charge is 0.456 e. The van der Waals surface area contributed by atoms with E-state index in [0.717, 1.165) is 0 Å². The molecule has 6 aliphatic heterocycles. The first-order valence-corrected chi connectivity index (χ1v) is 21.2. The fraction of sp³-hybridized carbons (Fsp3) is 0.609. The highest BCUT2D eigenvalue weighted by Crippen LogP contribution is 2.75. The van der Waals surface area contributed by atoms with Gasteiger partial charge in [-0.05, 0) is 68.6 Å². The van der Waals surface area contributed by atoms with E-state index in [-0.39, 0.29) is 30.6 Å². The highest BCUT2D eigenvalue weighted by atomic mass is 16.9. The maximum atomic E-state index is 13.7. The molecule has 4 saturated heterocycles. The Morgan fingerprint density at radius 3 is 2.29 bits per heavy atom. The molecule has 10 aliphatic rings. The van der Waals surface area contributed by atoms with Crippen molar-refractivity contribution >= 4 is 11.9 Å². The highest BCUT2D eigenvalue weighted by molar-refractivity contribution is 5.89. The van der Waals surface area contributed by atoms with Crippen molar-refractivity contribution in [3.63, 3.8) is 0 Å². The number of hydrogen-bond acceptors (Lipinski definition) is 13. The number of allylic oxidation sites excluding steroid dienone is 2. The molecule has 4 saturated carbocycles. The van der Waals surface area contributed by atoms with E-state index in [1.807, 2.05) is 38.1 Å². The monoisotopic (exact) mass is 814 g/mol.